The minimum atomic E-state index is -0.139. The Labute approximate surface area is 158 Å². The first-order valence-corrected chi connectivity index (χ1v) is 9.32. The number of amides is 2. The summed E-state index contributed by atoms with van der Waals surface area (Å²) in [6.45, 7) is 5.56. The van der Waals surface area contributed by atoms with Crippen LogP contribution in [0.2, 0.25) is 0 Å². The molecular formula is C22H23N3O2. The van der Waals surface area contributed by atoms with Gasteiger partial charge in [0.05, 0.1) is 11.5 Å². The van der Waals surface area contributed by atoms with Crippen molar-refractivity contribution in [1.29, 1.82) is 0 Å². The van der Waals surface area contributed by atoms with Gasteiger partial charge in [-0.2, -0.15) is 0 Å². The lowest BCUT2D eigenvalue weighted by atomic mass is 9.96. The molecule has 2 aromatic carbocycles. The number of anilines is 1. The number of fused-ring (bicyclic) bond motifs is 1. The number of aromatic amines is 1. The maximum Gasteiger partial charge on any atom is 0.256 e. The first-order valence-electron chi connectivity index (χ1n) is 9.32. The van der Waals surface area contributed by atoms with E-state index in [1.54, 1.807) is 11.1 Å². The zero-order valence-electron chi connectivity index (χ0n) is 15.6. The summed E-state index contributed by atoms with van der Waals surface area (Å²) in [6.07, 6.45) is 1.76. The van der Waals surface area contributed by atoms with Crippen LogP contribution in [0.4, 0.5) is 5.69 Å². The fourth-order valence-electron chi connectivity index (χ4n) is 3.70. The second kappa shape index (κ2) is 6.91. The highest BCUT2D eigenvalue weighted by molar-refractivity contribution is 6.07. The van der Waals surface area contributed by atoms with Gasteiger partial charge in [-0.1, -0.05) is 30.3 Å². The molecule has 1 fully saturated rings. The second-order valence-electron chi connectivity index (χ2n) is 7.08. The van der Waals surface area contributed by atoms with Gasteiger partial charge in [-0.05, 0) is 37.6 Å². The van der Waals surface area contributed by atoms with Crippen LogP contribution in [-0.4, -0.2) is 41.3 Å². The van der Waals surface area contributed by atoms with E-state index in [9.17, 15) is 9.59 Å². The largest absolute Gasteiger partial charge is 0.360 e. The summed E-state index contributed by atoms with van der Waals surface area (Å²) in [6, 6.07) is 15.7. The molecule has 1 aliphatic rings. The Kier molecular flexibility index (Phi) is 4.44. The monoisotopic (exact) mass is 361 g/mol. The average molecular weight is 361 g/mol. The highest BCUT2D eigenvalue weighted by atomic mass is 16.2. The summed E-state index contributed by atoms with van der Waals surface area (Å²) in [4.78, 5) is 32.4. The molecule has 0 bridgehead atoms. The Morgan fingerprint density at radius 2 is 1.93 bits per heavy atom. The van der Waals surface area contributed by atoms with Crippen molar-refractivity contribution in [3.8, 4) is 0 Å². The third kappa shape index (κ3) is 3.10. The van der Waals surface area contributed by atoms with Gasteiger partial charge in [-0.25, -0.2) is 0 Å². The van der Waals surface area contributed by atoms with Gasteiger partial charge >= 0.3 is 0 Å². The van der Waals surface area contributed by atoms with E-state index in [1.165, 1.54) is 0 Å². The predicted molar refractivity (Wildman–Crippen MR) is 107 cm³/mol. The Hall–Kier alpha value is -3.08. The summed E-state index contributed by atoms with van der Waals surface area (Å²) in [5.41, 5.74) is 3.67. The lowest BCUT2D eigenvalue weighted by Gasteiger charge is -2.40. The van der Waals surface area contributed by atoms with Crippen LogP contribution in [0, 0.1) is 12.8 Å². The molecule has 0 spiro atoms. The van der Waals surface area contributed by atoms with E-state index < -0.39 is 0 Å². The van der Waals surface area contributed by atoms with Gasteiger partial charge in [0.15, 0.2) is 0 Å². The molecule has 1 saturated heterocycles. The van der Waals surface area contributed by atoms with Crippen molar-refractivity contribution in [2.24, 2.45) is 5.92 Å². The molecule has 27 heavy (non-hydrogen) atoms. The first kappa shape index (κ1) is 17.3. The smallest absolute Gasteiger partial charge is 0.256 e. The van der Waals surface area contributed by atoms with Gasteiger partial charge in [0.25, 0.3) is 5.91 Å². The topological polar surface area (TPSA) is 56.4 Å². The summed E-state index contributed by atoms with van der Waals surface area (Å²) in [5, 5.41) is 0.923. The number of hydrogen-bond donors (Lipinski definition) is 1. The molecule has 0 aliphatic carbocycles. The van der Waals surface area contributed by atoms with Crippen LogP contribution in [0.5, 0.6) is 0 Å². The minimum Gasteiger partial charge on any atom is -0.360 e. The van der Waals surface area contributed by atoms with E-state index in [0.717, 1.165) is 22.2 Å². The van der Waals surface area contributed by atoms with Gasteiger partial charge in [0.2, 0.25) is 5.91 Å². The normalized spacial score (nSPS) is 14.2. The summed E-state index contributed by atoms with van der Waals surface area (Å²) < 4.78 is 0. The van der Waals surface area contributed by atoms with E-state index in [4.69, 9.17) is 0 Å². The zero-order chi connectivity index (χ0) is 19.0. The van der Waals surface area contributed by atoms with Crippen molar-refractivity contribution >= 4 is 28.4 Å². The molecule has 2 heterocycles. The molecular weight excluding hydrogens is 338 g/mol. The molecule has 5 nitrogen and oxygen atoms in total. The standard InChI is InChI=1S/C22H23N3O2/c1-3-25(17-8-6-7-15(2)11-17)21(26)16-13-24(14-16)22(27)19-12-23-20-10-5-4-9-18(19)20/h4-12,16,23H,3,13-14H2,1-2H3. The summed E-state index contributed by atoms with van der Waals surface area (Å²) >= 11 is 0. The number of H-pyrrole nitrogens is 1. The number of aromatic nitrogens is 1. The van der Waals surface area contributed by atoms with Crippen LogP contribution in [-0.2, 0) is 4.79 Å². The van der Waals surface area contributed by atoms with E-state index in [0.29, 0.717) is 25.2 Å². The number of rotatable bonds is 4. The number of nitrogens with zero attached hydrogens (tertiary/aromatic N) is 2. The first-order chi connectivity index (χ1) is 13.1. The van der Waals surface area contributed by atoms with Crippen molar-refractivity contribution in [1.82, 2.24) is 9.88 Å². The lowest BCUT2D eigenvalue weighted by molar-refractivity contribution is -0.126. The lowest BCUT2D eigenvalue weighted by Crippen LogP contribution is -2.56. The quantitative estimate of drug-likeness (QED) is 0.772. The molecule has 3 aromatic rings. The van der Waals surface area contributed by atoms with Gasteiger partial charge in [-0.15, -0.1) is 0 Å². The number of carbonyl (C=O) groups excluding carboxylic acids is 2. The predicted octanol–water partition coefficient (Wildman–Crippen LogP) is 3.60. The second-order valence-corrected chi connectivity index (χ2v) is 7.08. The van der Waals surface area contributed by atoms with Crippen molar-refractivity contribution in [3.05, 3.63) is 65.9 Å². The van der Waals surface area contributed by atoms with Gasteiger partial charge in [-0.3, -0.25) is 9.59 Å². The maximum absolute atomic E-state index is 12.9. The summed E-state index contributed by atoms with van der Waals surface area (Å²) in [7, 11) is 0. The number of carbonyl (C=O) groups is 2. The van der Waals surface area contributed by atoms with Crippen molar-refractivity contribution < 1.29 is 9.59 Å². The number of para-hydroxylation sites is 1. The highest BCUT2D eigenvalue weighted by Crippen LogP contribution is 2.27. The molecule has 0 saturated carbocycles. The average Bonchev–Trinajstić information content (AvgIpc) is 3.05. The van der Waals surface area contributed by atoms with Crippen LogP contribution in [0.15, 0.2) is 54.7 Å². The molecule has 0 radical (unpaired) electrons. The molecule has 1 aliphatic heterocycles. The molecule has 1 aromatic heterocycles. The van der Waals surface area contributed by atoms with Crippen LogP contribution in [0.3, 0.4) is 0 Å². The van der Waals surface area contributed by atoms with Crippen LogP contribution < -0.4 is 4.90 Å². The third-order valence-corrected chi connectivity index (χ3v) is 5.23. The number of benzene rings is 2. The Morgan fingerprint density at radius 1 is 1.15 bits per heavy atom. The number of hydrogen-bond acceptors (Lipinski definition) is 2. The van der Waals surface area contributed by atoms with Crippen molar-refractivity contribution in [2.75, 3.05) is 24.5 Å². The van der Waals surface area contributed by atoms with Gasteiger partial charge < -0.3 is 14.8 Å². The molecule has 1 N–H and O–H groups in total. The van der Waals surface area contributed by atoms with E-state index >= 15 is 0 Å². The van der Waals surface area contributed by atoms with Crippen LogP contribution in [0.25, 0.3) is 10.9 Å². The molecule has 138 valence electrons. The molecule has 2 amide bonds. The maximum atomic E-state index is 12.9. The fraction of sp³-hybridized carbons (Fsp3) is 0.273. The SMILES string of the molecule is CCN(C(=O)C1CN(C(=O)c2c[nH]c3ccccc23)C1)c1cccc(C)c1. The van der Waals surface area contributed by atoms with E-state index in [-0.39, 0.29) is 17.7 Å². The van der Waals surface area contributed by atoms with Crippen LogP contribution in [0.1, 0.15) is 22.8 Å². The molecule has 0 unspecified atom stereocenters. The van der Waals surface area contributed by atoms with Gasteiger partial charge in [0.1, 0.15) is 0 Å². The minimum absolute atomic E-state index is 0.0184. The Morgan fingerprint density at radius 3 is 2.67 bits per heavy atom. The molecule has 0 atom stereocenters. The highest BCUT2D eigenvalue weighted by Gasteiger charge is 2.38. The zero-order valence-corrected chi connectivity index (χ0v) is 15.6. The van der Waals surface area contributed by atoms with E-state index in [2.05, 4.69) is 4.98 Å². The van der Waals surface area contributed by atoms with Crippen molar-refractivity contribution in [2.45, 2.75) is 13.8 Å². The van der Waals surface area contributed by atoms with Crippen LogP contribution >= 0.6 is 0 Å². The number of nitrogens with one attached hydrogen (secondary N) is 1. The Balaban J connectivity index is 1.45. The number of aryl methyl sites for hydroxylation is 1. The molecule has 5 heteroatoms. The van der Waals surface area contributed by atoms with E-state index in [1.807, 2.05) is 67.3 Å². The van der Waals surface area contributed by atoms with Gasteiger partial charge in [0, 0.05) is 42.4 Å². The Bertz CT molecular complexity index is 1000. The molecule has 4 rings (SSSR count). The number of likely N-dealkylation sites (tertiary alicyclic amines) is 1. The summed E-state index contributed by atoms with van der Waals surface area (Å²) in [5.74, 6) is -0.0687. The third-order valence-electron chi connectivity index (χ3n) is 5.23. The fourth-order valence-corrected chi connectivity index (χ4v) is 3.70. The van der Waals surface area contributed by atoms with Crippen molar-refractivity contribution in [3.63, 3.8) is 0 Å².